The molecule has 3 amide bonds. The lowest BCUT2D eigenvalue weighted by molar-refractivity contribution is -0.131. The Morgan fingerprint density at radius 3 is 2.45 bits per heavy atom. The Hall–Kier alpha value is -4.31. The van der Waals surface area contributed by atoms with E-state index >= 15 is 0 Å². The largest absolute Gasteiger partial charge is 0.369 e. The predicted molar refractivity (Wildman–Crippen MR) is 158 cm³/mol. The summed E-state index contributed by atoms with van der Waals surface area (Å²) in [6.07, 6.45) is 6.17. The summed E-state index contributed by atoms with van der Waals surface area (Å²) in [6.45, 7) is 5.63. The van der Waals surface area contributed by atoms with Crippen molar-refractivity contribution in [2.24, 2.45) is 10.7 Å². The standard InChI is InChI=1S/C29H34ClN7O3/c1-17-6-3-4-7-19-9-11-23-21(14-19)22-15-20(10-12-24(22)35-23)16-26(34-18(2)38)28(40)36-25(27(39)33-17)8-5-13-32-29(31)37-30/h3-4,9-12,14-15,25-26,35H,1,5-8,13,16H2,2H3,(H,33,39)(H,34,38)(H,36,40)(H3,31,32,37)/t25-,26?/m0/s1. The number of fused-ring (bicyclic) bond motifs is 2. The van der Waals surface area contributed by atoms with Gasteiger partial charge in [-0.15, -0.1) is 0 Å². The second kappa shape index (κ2) is 13.2. The number of allylic oxidation sites excluding steroid dienone is 2. The van der Waals surface area contributed by atoms with Crippen LogP contribution < -0.4 is 26.5 Å². The molecule has 1 aromatic heterocycles. The second-order valence-electron chi connectivity index (χ2n) is 9.88. The van der Waals surface area contributed by atoms with Crippen LogP contribution in [0.15, 0.2) is 65.8 Å². The van der Waals surface area contributed by atoms with Crippen molar-refractivity contribution in [1.29, 1.82) is 0 Å². The van der Waals surface area contributed by atoms with Crippen molar-refractivity contribution in [2.45, 2.75) is 51.1 Å². The molecule has 0 spiro atoms. The molecule has 40 heavy (non-hydrogen) atoms. The number of nitrogens with two attached hydrogens (primary N) is 1. The molecule has 1 unspecified atom stereocenters. The van der Waals surface area contributed by atoms with Gasteiger partial charge in [0.1, 0.15) is 12.1 Å². The number of aliphatic imine (C=N–C) groups is 1. The van der Waals surface area contributed by atoms with E-state index in [1.807, 2.05) is 30.4 Å². The third-order valence-electron chi connectivity index (χ3n) is 6.71. The smallest absolute Gasteiger partial charge is 0.246 e. The summed E-state index contributed by atoms with van der Waals surface area (Å²) < 4.78 is 0. The fraction of sp³-hybridized carbons (Fsp3) is 0.310. The van der Waals surface area contributed by atoms with Crippen LogP contribution in [0.1, 0.15) is 37.3 Å². The van der Waals surface area contributed by atoms with Gasteiger partial charge in [0, 0.05) is 65.6 Å². The highest BCUT2D eigenvalue weighted by Gasteiger charge is 2.27. The van der Waals surface area contributed by atoms with E-state index in [0.29, 0.717) is 25.1 Å². The molecule has 11 heteroatoms. The number of aromatic nitrogens is 1. The summed E-state index contributed by atoms with van der Waals surface area (Å²) in [4.78, 5) is 48.4. The molecule has 4 rings (SSSR count). The van der Waals surface area contributed by atoms with Crippen LogP contribution in [0.2, 0.25) is 0 Å². The normalized spacial score (nSPS) is 19.1. The number of hydrogen-bond acceptors (Lipinski definition) is 4. The van der Waals surface area contributed by atoms with Gasteiger partial charge in [0.05, 0.1) is 0 Å². The number of nitrogens with one attached hydrogen (secondary N) is 5. The Bertz CT molecular complexity index is 1490. The number of rotatable bonds is 5. The van der Waals surface area contributed by atoms with Gasteiger partial charge in [-0.2, -0.15) is 0 Å². The average molecular weight is 564 g/mol. The molecule has 2 aromatic carbocycles. The van der Waals surface area contributed by atoms with Crippen molar-refractivity contribution in [3.8, 4) is 0 Å². The molecule has 2 heterocycles. The van der Waals surface area contributed by atoms with Crippen molar-refractivity contribution < 1.29 is 14.4 Å². The van der Waals surface area contributed by atoms with Gasteiger partial charge in [0.2, 0.25) is 23.7 Å². The van der Waals surface area contributed by atoms with Crippen molar-refractivity contribution in [2.75, 3.05) is 6.54 Å². The van der Waals surface area contributed by atoms with E-state index in [9.17, 15) is 14.4 Å². The molecule has 210 valence electrons. The van der Waals surface area contributed by atoms with E-state index in [0.717, 1.165) is 39.4 Å². The highest BCUT2D eigenvalue weighted by Crippen LogP contribution is 2.28. The van der Waals surface area contributed by atoms with Crippen LogP contribution in [0.4, 0.5) is 0 Å². The number of carbonyl (C=O) groups is 3. The Labute approximate surface area is 237 Å². The molecule has 1 aliphatic rings. The van der Waals surface area contributed by atoms with Gasteiger partial charge < -0.3 is 26.7 Å². The van der Waals surface area contributed by atoms with Crippen LogP contribution in [-0.4, -0.2) is 47.3 Å². The fourth-order valence-corrected chi connectivity index (χ4v) is 4.82. The number of carbonyl (C=O) groups excluding carboxylic acids is 3. The molecular weight excluding hydrogens is 530 g/mol. The quantitative estimate of drug-likeness (QED) is 0.0926. The third-order valence-corrected chi connectivity index (χ3v) is 6.90. The lowest BCUT2D eigenvalue weighted by Gasteiger charge is -2.23. The summed E-state index contributed by atoms with van der Waals surface area (Å²) in [5, 5.41) is 10.5. The number of halogens is 1. The van der Waals surface area contributed by atoms with E-state index in [1.54, 1.807) is 0 Å². The Kier molecular flexibility index (Phi) is 9.44. The number of hydrogen-bond donors (Lipinski definition) is 6. The topological polar surface area (TPSA) is 154 Å². The van der Waals surface area contributed by atoms with Crippen LogP contribution in [-0.2, 0) is 27.2 Å². The van der Waals surface area contributed by atoms with E-state index in [2.05, 4.69) is 55.5 Å². The number of benzene rings is 2. The van der Waals surface area contributed by atoms with Gasteiger partial charge >= 0.3 is 0 Å². The number of aromatic amines is 1. The molecule has 1 aliphatic heterocycles. The molecule has 0 saturated carbocycles. The summed E-state index contributed by atoms with van der Waals surface area (Å²) in [5.41, 5.74) is 10.1. The highest BCUT2D eigenvalue weighted by atomic mass is 35.5. The minimum absolute atomic E-state index is 0.0635. The highest BCUT2D eigenvalue weighted by molar-refractivity contribution is 6.21. The monoisotopic (exact) mass is 563 g/mol. The molecule has 0 fully saturated rings. The maximum atomic E-state index is 13.5. The van der Waals surface area contributed by atoms with Crippen LogP contribution >= 0.6 is 11.8 Å². The van der Waals surface area contributed by atoms with Gasteiger partial charge in [-0.05, 0) is 54.7 Å². The summed E-state index contributed by atoms with van der Waals surface area (Å²) in [6, 6.07) is 10.5. The zero-order valence-corrected chi connectivity index (χ0v) is 23.1. The number of amides is 3. The first-order chi connectivity index (χ1) is 19.2. The van der Waals surface area contributed by atoms with Gasteiger partial charge in [0.25, 0.3) is 0 Å². The van der Waals surface area contributed by atoms with Crippen LogP contribution in [0.3, 0.4) is 0 Å². The van der Waals surface area contributed by atoms with E-state index in [-0.39, 0.29) is 24.7 Å². The lowest BCUT2D eigenvalue weighted by atomic mass is 10.0. The second-order valence-corrected chi connectivity index (χ2v) is 10.1. The Morgan fingerprint density at radius 2 is 1.75 bits per heavy atom. The maximum Gasteiger partial charge on any atom is 0.246 e. The Morgan fingerprint density at radius 1 is 1.07 bits per heavy atom. The molecule has 3 aromatic rings. The predicted octanol–water partition coefficient (Wildman–Crippen LogP) is 2.82. The molecule has 4 bridgehead atoms. The van der Waals surface area contributed by atoms with Crippen molar-refractivity contribution in [1.82, 2.24) is 25.8 Å². The summed E-state index contributed by atoms with van der Waals surface area (Å²) >= 11 is 5.44. The van der Waals surface area contributed by atoms with Gasteiger partial charge in [-0.3, -0.25) is 24.2 Å². The summed E-state index contributed by atoms with van der Waals surface area (Å²) in [7, 11) is 0. The number of guanidine groups is 1. The van der Waals surface area contributed by atoms with Crippen LogP contribution in [0.5, 0.6) is 0 Å². The van der Waals surface area contributed by atoms with Gasteiger partial charge in [-0.25, -0.2) is 0 Å². The molecule has 10 nitrogen and oxygen atoms in total. The number of H-pyrrole nitrogens is 1. The Balaban J connectivity index is 1.67. The zero-order chi connectivity index (χ0) is 28.6. The molecule has 7 N–H and O–H groups in total. The molecule has 2 atom stereocenters. The van der Waals surface area contributed by atoms with Crippen molar-refractivity contribution in [3.05, 3.63) is 72.0 Å². The van der Waals surface area contributed by atoms with Gasteiger partial charge in [0.15, 0.2) is 0 Å². The van der Waals surface area contributed by atoms with E-state index in [1.165, 1.54) is 6.92 Å². The lowest BCUT2D eigenvalue weighted by Crippen LogP contribution is -2.54. The summed E-state index contributed by atoms with van der Waals surface area (Å²) in [5.74, 6) is -1.15. The average Bonchev–Trinajstić information content (AvgIpc) is 3.28. The third kappa shape index (κ3) is 7.41. The molecule has 0 saturated heterocycles. The molecular formula is C29H34ClN7O3. The first-order valence-electron chi connectivity index (χ1n) is 13.1. The first-order valence-corrected chi connectivity index (χ1v) is 13.5. The van der Waals surface area contributed by atoms with Crippen LogP contribution in [0.25, 0.3) is 21.8 Å². The SMILES string of the molecule is C=C1CC=CCc2ccc3[nH]c4ccc(cc4c3c2)CC(NC(C)=O)C(=O)N[C@@H](CCCN=C(N)NCl)C(=O)N1. The minimum atomic E-state index is -0.884. The molecule has 0 aliphatic carbocycles. The van der Waals surface area contributed by atoms with Crippen molar-refractivity contribution >= 4 is 57.3 Å². The maximum absolute atomic E-state index is 13.5. The minimum Gasteiger partial charge on any atom is -0.369 e. The number of nitrogens with zero attached hydrogens (tertiary/aromatic N) is 1. The fourth-order valence-electron chi connectivity index (χ4n) is 4.76. The zero-order valence-electron chi connectivity index (χ0n) is 22.4. The molecule has 0 radical (unpaired) electrons. The van der Waals surface area contributed by atoms with E-state index < -0.39 is 23.9 Å². The van der Waals surface area contributed by atoms with Crippen molar-refractivity contribution in [3.63, 3.8) is 0 Å². The van der Waals surface area contributed by atoms with Crippen LogP contribution in [0, 0.1) is 0 Å². The van der Waals surface area contributed by atoms with Gasteiger partial charge in [-0.1, -0.05) is 30.9 Å². The van der Waals surface area contributed by atoms with E-state index in [4.69, 9.17) is 17.5 Å². The first kappa shape index (κ1) is 28.7.